The monoisotopic (exact) mass is 279 g/mol. The van der Waals surface area contributed by atoms with E-state index in [1.165, 1.54) is 12.2 Å². The summed E-state index contributed by atoms with van der Waals surface area (Å²) in [6, 6.07) is 5.56. The Bertz CT molecular complexity index is 666. The Labute approximate surface area is 124 Å². The van der Waals surface area contributed by atoms with Crippen LogP contribution in [0.5, 0.6) is 0 Å². The molecule has 0 aliphatic heterocycles. The highest BCUT2D eigenvalue weighted by atomic mass is 16.1. The van der Waals surface area contributed by atoms with E-state index in [0.29, 0.717) is 0 Å². The van der Waals surface area contributed by atoms with E-state index >= 15 is 0 Å². The SMILES string of the molecule is CCn1ccnc1/C=C/C=C/C(=O)/C=C/c1ccccn1. The van der Waals surface area contributed by atoms with Gasteiger partial charge in [-0.25, -0.2) is 4.98 Å². The van der Waals surface area contributed by atoms with Gasteiger partial charge in [0.25, 0.3) is 0 Å². The molecule has 106 valence electrons. The largest absolute Gasteiger partial charge is 0.332 e. The van der Waals surface area contributed by atoms with Crippen LogP contribution in [0.2, 0.25) is 0 Å². The number of imidazole rings is 1. The Morgan fingerprint density at radius 3 is 2.81 bits per heavy atom. The number of allylic oxidation sites excluding steroid dienone is 4. The molecule has 0 aromatic carbocycles. The van der Waals surface area contributed by atoms with Crippen LogP contribution >= 0.6 is 0 Å². The molecule has 0 bridgehead atoms. The normalized spacial score (nSPS) is 11.9. The van der Waals surface area contributed by atoms with Crippen molar-refractivity contribution in [1.82, 2.24) is 14.5 Å². The van der Waals surface area contributed by atoms with Crippen molar-refractivity contribution in [3.05, 3.63) is 72.6 Å². The van der Waals surface area contributed by atoms with Gasteiger partial charge in [0.2, 0.25) is 0 Å². The summed E-state index contributed by atoms with van der Waals surface area (Å²) in [5.74, 6) is 0.794. The maximum Gasteiger partial charge on any atom is 0.178 e. The first-order valence-electron chi connectivity index (χ1n) is 6.78. The third-order valence-corrected chi connectivity index (χ3v) is 2.81. The van der Waals surface area contributed by atoms with Crippen LogP contribution < -0.4 is 0 Å². The Morgan fingerprint density at radius 1 is 1.14 bits per heavy atom. The number of carbonyl (C=O) groups excluding carboxylic acids is 1. The number of carbonyl (C=O) groups is 1. The third-order valence-electron chi connectivity index (χ3n) is 2.81. The summed E-state index contributed by atoms with van der Waals surface area (Å²) in [7, 11) is 0. The molecule has 0 N–H and O–H groups in total. The number of aryl methyl sites for hydroxylation is 1. The number of nitrogens with zero attached hydrogens (tertiary/aromatic N) is 3. The fourth-order valence-electron chi connectivity index (χ4n) is 1.74. The van der Waals surface area contributed by atoms with Crippen molar-refractivity contribution >= 4 is 17.9 Å². The molecule has 0 unspecified atom stereocenters. The van der Waals surface area contributed by atoms with E-state index in [1.807, 2.05) is 35.0 Å². The Morgan fingerprint density at radius 2 is 2.05 bits per heavy atom. The molecular weight excluding hydrogens is 262 g/mol. The van der Waals surface area contributed by atoms with E-state index in [1.54, 1.807) is 30.6 Å². The van der Waals surface area contributed by atoms with Crippen LogP contribution in [0.1, 0.15) is 18.4 Å². The topological polar surface area (TPSA) is 47.8 Å². The molecular formula is C17H17N3O. The highest BCUT2D eigenvalue weighted by molar-refractivity contribution is 6.02. The highest BCUT2D eigenvalue weighted by Gasteiger charge is 1.94. The number of hydrogen-bond donors (Lipinski definition) is 0. The molecule has 21 heavy (non-hydrogen) atoms. The predicted octanol–water partition coefficient (Wildman–Crippen LogP) is 3.15. The lowest BCUT2D eigenvalue weighted by molar-refractivity contribution is -0.110. The first-order valence-corrected chi connectivity index (χ1v) is 6.78. The van der Waals surface area contributed by atoms with Crippen LogP contribution in [-0.4, -0.2) is 20.3 Å². The Balaban J connectivity index is 1.89. The van der Waals surface area contributed by atoms with E-state index in [2.05, 4.69) is 16.9 Å². The standard InChI is InChI=1S/C17H17N3O/c1-2-20-14-13-19-17(20)9-4-3-8-16(21)11-10-15-7-5-6-12-18-15/h3-14H,2H2,1H3/b8-3+,9-4+,11-10+. The van der Waals surface area contributed by atoms with Crippen molar-refractivity contribution < 1.29 is 4.79 Å². The average molecular weight is 279 g/mol. The van der Waals surface area contributed by atoms with Gasteiger partial charge in [-0.05, 0) is 43.4 Å². The summed E-state index contributed by atoms with van der Waals surface area (Å²) in [6.07, 6.45) is 15.5. The maximum absolute atomic E-state index is 11.6. The Kier molecular flexibility index (Phi) is 5.41. The zero-order valence-corrected chi connectivity index (χ0v) is 11.9. The second-order valence-electron chi connectivity index (χ2n) is 4.28. The number of ketones is 1. The molecule has 0 aliphatic carbocycles. The molecule has 0 saturated carbocycles. The van der Waals surface area contributed by atoms with Crippen LogP contribution in [0, 0.1) is 0 Å². The minimum Gasteiger partial charge on any atom is -0.332 e. The van der Waals surface area contributed by atoms with Crippen molar-refractivity contribution in [3.8, 4) is 0 Å². The number of hydrogen-bond acceptors (Lipinski definition) is 3. The molecule has 0 atom stereocenters. The van der Waals surface area contributed by atoms with Gasteiger partial charge in [0, 0.05) is 25.1 Å². The summed E-state index contributed by atoms with van der Waals surface area (Å²) in [5.41, 5.74) is 0.764. The maximum atomic E-state index is 11.6. The van der Waals surface area contributed by atoms with Crippen LogP contribution in [0.4, 0.5) is 0 Å². The summed E-state index contributed by atoms with van der Waals surface area (Å²) in [6.45, 7) is 2.93. The quantitative estimate of drug-likeness (QED) is 0.603. The molecule has 4 heteroatoms. The lowest BCUT2D eigenvalue weighted by Gasteiger charge is -1.97. The predicted molar refractivity (Wildman–Crippen MR) is 84.4 cm³/mol. The minimum absolute atomic E-state index is 0.0795. The molecule has 0 saturated heterocycles. The summed E-state index contributed by atoms with van der Waals surface area (Å²) >= 11 is 0. The first kappa shape index (κ1) is 14.7. The molecule has 0 radical (unpaired) electrons. The number of pyridine rings is 1. The fraction of sp³-hybridized carbons (Fsp3) is 0.118. The molecule has 2 aromatic rings. The van der Waals surface area contributed by atoms with Gasteiger partial charge in [-0.3, -0.25) is 9.78 Å². The first-order chi connectivity index (χ1) is 10.3. The van der Waals surface area contributed by atoms with Crippen molar-refractivity contribution in [2.24, 2.45) is 0 Å². The van der Waals surface area contributed by atoms with Crippen LogP contribution in [-0.2, 0) is 11.3 Å². The summed E-state index contributed by atoms with van der Waals surface area (Å²) in [5, 5.41) is 0. The summed E-state index contributed by atoms with van der Waals surface area (Å²) in [4.78, 5) is 20.0. The van der Waals surface area contributed by atoms with Crippen molar-refractivity contribution in [2.45, 2.75) is 13.5 Å². The van der Waals surface area contributed by atoms with Gasteiger partial charge < -0.3 is 4.57 Å². The van der Waals surface area contributed by atoms with Crippen LogP contribution in [0.15, 0.2) is 61.1 Å². The van der Waals surface area contributed by atoms with Gasteiger partial charge in [0.05, 0.1) is 5.69 Å². The van der Waals surface area contributed by atoms with Gasteiger partial charge in [-0.2, -0.15) is 0 Å². The number of aromatic nitrogens is 3. The van der Waals surface area contributed by atoms with Crippen LogP contribution in [0.3, 0.4) is 0 Å². The fourth-order valence-corrected chi connectivity index (χ4v) is 1.74. The summed E-state index contributed by atoms with van der Waals surface area (Å²) < 4.78 is 2.02. The van der Waals surface area contributed by atoms with Gasteiger partial charge in [0.1, 0.15) is 5.82 Å². The second kappa shape index (κ2) is 7.75. The van der Waals surface area contributed by atoms with Gasteiger partial charge >= 0.3 is 0 Å². The Hall–Kier alpha value is -2.75. The van der Waals surface area contributed by atoms with Gasteiger partial charge in [-0.15, -0.1) is 0 Å². The van der Waals surface area contributed by atoms with Crippen molar-refractivity contribution in [2.75, 3.05) is 0 Å². The average Bonchev–Trinajstić information content (AvgIpc) is 2.98. The molecule has 2 rings (SSSR count). The third kappa shape index (κ3) is 4.69. The van der Waals surface area contributed by atoms with Gasteiger partial charge in [-0.1, -0.05) is 18.2 Å². The molecule has 0 fully saturated rings. The molecule has 2 aromatic heterocycles. The molecule has 0 amide bonds. The van der Waals surface area contributed by atoms with Crippen LogP contribution in [0.25, 0.3) is 12.2 Å². The van der Waals surface area contributed by atoms with E-state index in [-0.39, 0.29) is 5.78 Å². The zero-order chi connectivity index (χ0) is 14.9. The second-order valence-corrected chi connectivity index (χ2v) is 4.28. The van der Waals surface area contributed by atoms with E-state index in [4.69, 9.17) is 0 Å². The van der Waals surface area contributed by atoms with E-state index in [9.17, 15) is 4.79 Å². The highest BCUT2D eigenvalue weighted by Crippen LogP contribution is 2.00. The molecule has 0 aliphatic rings. The molecule has 2 heterocycles. The smallest absolute Gasteiger partial charge is 0.178 e. The lowest BCUT2D eigenvalue weighted by Crippen LogP contribution is -1.94. The van der Waals surface area contributed by atoms with E-state index in [0.717, 1.165) is 18.1 Å². The number of rotatable bonds is 6. The van der Waals surface area contributed by atoms with Gasteiger partial charge in [0.15, 0.2) is 5.78 Å². The van der Waals surface area contributed by atoms with Crippen molar-refractivity contribution in [3.63, 3.8) is 0 Å². The molecule has 4 nitrogen and oxygen atoms in total. The van der Waals surface area contributed by atoms with E-state index < -0.39 is 0 Å². The molecule has 0 spiro atoms. The van der Waals surface area contributed by atoms with Crippen molar-refractivity contribution in [1.29, 1.82) is 0 Å². The zero-order valence-electron chi connectivity index (χ0n) is 11.9. The lowest BCUT2D eigenvalue weighted by atomic mass is 10.2. The minimum atomic E-state index is -0.0795.